The van der Waals surface area contributed by atoms with Gasteiger partial charge >= 0.3 is 0 Å². The van der Waals surface area contributed by atoms with Crippen molar-refractivity contribution in [3.8, 4) is 11.3 Å². The van der Waals surface area contributed by atoms with Gasteiger partial charge in [-0.25, -0.2) is 4.98 Å². The van der Waals surface area contributed by atoms with Crippen LogP contribution in [-0.4, -0.2) is 18.1 Å². The summed E-state index contributed by atoms with van der Waals surface area (Å²) in [6.45, 7) is 8.66. The molecule has 0 spiro atoms. The molecule has 0 unspecified atom stereocenters. The van der Waals surface area contributed by atoms with Crippen LogP contribution in [0.25, 0.3) is 11.3 Å². The fourth-order valence-corrected chi connectivity index (χ4v) is 3.18. The highest BCUT2D eigenvalue weighted by Crippen LogP contribution is 2.28. The van der Waals surface area contributed by atoms with Crippen LogP contribution in [0.1, 0.15) is 35.7 Å². The topological polar surface area (TPSA) is 24.9 Å². The highest BCUT2D eigenvalue weighted by Gasteiger charge is 2.09. The second kappa shape index (κ2) is 7.55. The van der Waals surface area contributed by atoms with E-state index in [1.807, 2.05) is 11.3 Å². The van der Waals surface area contributed by atoms with Crippen LogP contribution in [0.15, 0.2) is 24.3 Å². The number of benzene rings is 1. The number of rotatable bonds is 7. The van der Waals surface area contributed by atoms with Gasteiger partial charge in [-0.1, -0.05) is 38.1 Å². The van der Waals surface area contributed by atoms with Gasteiger partial charge in [0.1, 0.15) is 0 Å². The molecular formula is C17H24N2S. The van der Waals surface area contributed by atoms with Crippen molar-refractivity contribution in [2.24, 2.45) is 0 Å². The van der Waals surface area contributed by atoms with Gasteiger partial charge in [-0.05, 0) is 31.9 Å². The Morgan fingerprint density at radius 3 is 2.50 bits per heavy atom. The molecule has 0 aliphatic carbocycles. The van der Waals surface area contributed by atoms with Gasteiger partial charge in [0.25, 0.3) is 0 Å². The van der Waals surface area contributed by atoms with Crippen LogP contribution < -0.4 is 5.32 Å². The normalized spacial score (nSPS) is 10.9. The molecule has 0 radical (unpaired) electrons. The van der Waals surface area contributed by atoms with E-state index in [4.69, 9.17) is 4.98 Å². The minimum Gasteiger partial charge on any atom is -0.316 e. The largest absolute Gasteiger partial charge is 0.316 e. The first-order valence-electron chi connectivity index (χ1n) is 7.51. The molecule has 0 fully saturated rings. The molecule has 0 aliphatic rings. The quantitative estimate of drug-likeness (QED) is 0.771. The predicted molar refractivity (Wildman–Crippen MR) is 88.5 cm³/mol. The van der Waals surface area contributed by atoms with Crippen molar-refractivity contribution < 1.29 is 0 Å². The minimum atomic E-state index is 1.02. The van der Waals surface area contributed by atoms with Crippen molar-refractivity contribution in [2.75, 3.05) is 13.1 Å². The van der Waals surface area contributed by atoms with E-state index in [9.17, 15) is 0 Å². The van der Waals surface area contributed by atoms with Gasteiger partial charge in [0, 0.05) is 23.4 Å². The molecule has 20 heavy (non-hydrogen) atoms. The summed E-state index contributed by atoms with van der Waals surface area (Å²) < 4.78 is 0. The van der Waals surface area contributed by atoms with Gasteiger partial charge < -0.3 is 5.32 Å². The fourth-order valence-electron chi connectivity index (χ4n) is 2.22. The van der Waals surface area contributed by atoms with E-state index < -0.39 is 0 Å². The maximum Gasteiger partial charge on any atom is 0.0948 e. The molecule has 2 aromatic rings. The van der Waals surface area contributed by atoms with Crippen LogP contribution in [0.2, 0.25) is 0 Å². The lowest BCUT2D eigenvalue weighted by atomic mass is 10.1. The van der Waals surface area contributed by atoms with Crippen molar-refractivity contribution in [3.05, 3.63) is 39.7 Å². The predicted octanol–water partition coefficient (Wildman–Crippen LogP) is 4.22. The van der Waals surface area contributed by atoms with Crippen LogP contribution in [-0.2, 0) is 12.8 Å². The van der Waals surface area contributed by atoms with Gasteiger partial charge in [0.05, 0.1) is 10.7 Å². The highest BCUT2D eigenvalue weighted by molar-refractivity contribution is 7.12. The third kappa shape index (κ3) is 3.90. The summed E-state index contributed by atoms with van der Waals surface area (Å²) in [5, 5.41) is 4.67. The van der Waals surface area contributed by atoms with Crippen molar-refractivity contribution in [2.45, 2.75) is 40.0 Å². The van der Waals surface area contributed by atoms with Crippen molar-refractivity contribution in [3.63, 3.8) is 0 Å². The second-order valence-corrected chi connectivity index (χ2v) is 6.35. The molecule has 0 saturated carbocycles. The molecule has 0 bridgehead atoms. The summed E-state index contributed by atoms with van der Waals surface area (Å²) in [6.07, 6.45) is 3.30. The summed E-state index contributed by atoms with van der Waals surface area (Å²) in [5.74, 6) is 0. The highest BCUT2D eigenvalue weighted by atomic mass is 32.1. The molecule has 1 aromatic carbocycles. The Morgan fingerprint density at radius 1 is 1.10 bits per heavy atom. The Balaban J connectivity index is 2.06. The number of hydrogen-bond acceptors (Lipinski definition) is 3. The van der Waals surface area contributed by atoms with Crippen LogP contribution in [0.3, 0.4) is 0 Å². The Bertz CT molecular complexity index is 528. The number of hydrogen-bond donors (Lipinski definition) is 1. The first-order chi connectivity index (χ1) is 9.74. The zero-order chi connectivity index (χ0) is 14.4. The van der Waals surface area contributed by atoms with E-state index >= 15 is 0 Å². The van der Waals surface area contributed by atoms with Gasteiger partial charge in [-0.15, -0.1) is 11.3 Å². The summed E-state index contributed by atoms with van der Waals surface area (Å²) in [6, 6.07) is 8.80. The number of nitrogens with one attached hydrogen (secondary N) is 1. The Hall–Kier alpha value is -1.19. The zero-order valence-electron chi connectivity index (χ0n) is 12.7. The smallest absolute Gasteiger partial charge is 0.0948 e. The molecular weight excluding hydrogens is 264 g/mol. The first kappa shape index (κ1) is 15.2. The molecule has 3 heteroatoms. The number of thiazole rings is 1. The fraction of sp³-hybridized carbons (Fsp3) is 0.471. The average Bonchev–Trinajstić information content (AvgIpc) is 2.85. The molecule has 1 N–H and O–H groups in total. The van der Waals surface area contributed by atoms with E-state index in [-0.39, 0.29) is 0 Å². The Kier molecular flexibility index (Phi) is 5.74. The van der Waals surface area contributed by atoms with Crippen LogP contribution in [0.4, 0.5) is 0 Å². The lowest BCUT2D eigenvalue weighted by Gasteiger charge is -2.01. The number of aromatic nitrogens is 1. The van der Waals surface area contributed by atoms with E-state index in [2.05, 4.69) is 50.4 Å². The molecule has 2 nitrogen and oxygen atoms in total. The third-order valence-corrected chi connectivity index (χ3v) is 4.45. The standard InChI is InChI=1S/C17H24N2S/c1-4-11-18-12-10-16-19-17(13(3)20-16)15-8-6-14(5-2)7-9-15/h6-9,18H,4-5,10-12H2,1-3H3. The van der Waals surface area contributed by atoms with E-state index in [1.54, 1.807) is 0 Å². The summed E-state index contributed by atoms with van der Waals surface area (Å²) in [5.41, 5.74) is 3.78. The maximum absolute atomic E-state index is 4.81. The summed E-state index contributed by atoms with van der Waals surface area (Å²) in [7, 11) is 0. The summed E-state index contributed by atoms with van der Waals surface area (Å²) in [4.78, 5) is 6.13. The molecule has 0 atom stereocenters. The first-order valence-corrected chi connectivity index (χ1v) is 8.32. The van der Waals surface area contributed by atoms with Gasteiger partial charge in [-0.3, -0.25) is 0 Å². The maximum atomic E-state index is 4.81. The van der Waals surface area contributed by atoms with Crippen molar-refractivity contribution >= 4 is 11.3 Å². The molecule has 2 rings (SSSR count). The van der Waals surface area contributed by atoms with Crippen molar-refractivity contribution in [1.29, 1.82) is 0 Å². The lowest BCUT2D eigenvalue weighted by Crippen LogP contribution is -2.17. The van der Waals surface area contributed by atoms with Gasteiger partial charge in [0.15, 0.2) is 0 Å². The molecule has 0 amide bonds. The zero-order valence-corrected chi connectivity index (χ0v) is 13.5. The van der Waals surface area contributed by atoms with E-state index in [0.717, 1.165) is 31.6 Å². The van der Waals surface area contributed by atoms with E-state index in [0.29, 0.717) is 0 Å². The molecule has 108 valence electrons. The van der Waals surface area contributed by atoms with Gasteiger partial charge in [0.2, 0.25) is 0 Å². The summed E-state index contributed by atoms with van der Waals surface area (Å²) >= 11 is 1.83. The monoisotopic (exact) mass is 288 g/mol. The number of aryl methyl sites for hydroxylation is 2. The molecule has 1 aromatic heterocycles. The Morgan fingerprint density at radius 2 is 1.85 bits per heavy atom. The third-order valence-electron chi connectivity index (χ3n) is 3.42. The second-order valence-electron chi connectivity index (χ2n) is 5.06. The molecule has 0 saturated heterocycles. The van der Waals surface area contributed by atoms with Gasteiger partial charge in [-0.2, -0.15) is 0 Å². The average molecular weight is 288 g/mol. The van der Waals surface area contributed by atoms with E-state index in [1.165, 1.54) is 27.4 Å². The molecule has 1 heterocycles. The Labute approximate surface area is 126 Å². The van der Waals surface area contributed by atoms with Crippen LogP contribution in [0.5, 0.6) is 0 Å². The van der Waals surface area contributed by atoms with Crippen LogP contribution in [0, 0.1) is 6.92 Å². The number of nitrogens with zero attached hydrogens (tertiary/aromatic N) is 1. The molecule has 0 aliphatic heterocycles. The lowest BCUT2D eigenvalue weighted by molar-refractivity contribution is 0.670. The SMILES string of the molecule is CCCNCCc1nc(-c2ccc(CC)cc2)c(C)s1. The minimum absolute atomic E-state index is 1.02. The van der Waals surface area contributed by atoms with Crippen LogP contribution >= 0.6 is 11.3 Å². The van der Waals surface area contributed by atoms with Crippen molar-refractivity contribution in [1.82, 2.24) is 10.3 Å².